The van der Waals surface area contributed by atoms with Crippen LogP contribution in [0.4, 0.5) is 11.5 Å². The monoisotopic (exact) mass is 489 g/mol. The van der Waals surface area contributed by atoms with Crippen LogP contribution in [0.3, 0.4) is 0 Å². The summed E-state index contributed by atoms with van der Waals surface area (Å²) in [5, 5.41) is 0. The lowest BCUT2D eigenvalue weighted by Crippen LogP contribution is -2.41. The van der Waals surface area contributed by atoms with Gasteiger partial charge in [-0.15, -0.1) is 0 Å². The van der Waals surface area contributed by atoms with E-state index >= 15 is 0 Å². The number of carbonyl (C=O) groups is 3. The second-order valence-corrected chi connectivity index (χ2v) is 8.49. The Bertz CT molecular complexity index is 1460. The van der Waals surface area contributed by atoms with E-state index in [1.54, 1.807) is 6.92 Å². The number of nitrogens with zero attached hydrogens (tertiary/aromatic N) is 3. The molecule has 3 N–H and O–H groups in total. The van der Waals surface area contributed by atoms with Gasteiger partial charge in [-0.3, -0.25) is 33.6 Å². The fourth-order valence-corrected chi connectivity index (χ4v) is 4.27. The minimum Gasteiger partial charge on any atom is -0.383 e. The van der Waals surface area contributed by atoms with Crippen molar-refractivity contribution in [3.8, 4) is 0 Å². The molecule has 10 heteroatoms. The van der Waals surface area contributed by atoms with Gasteiger partial charge >= 0.3 is 5.69 Å². The molecule has 0 spiro atoms. The number of fused-ring (bicyclic) bond motifs is 1. The molecule has 3 aromatic rings. The molecule has 0 unspecified atom stereocenters. The Hall–Kier alpha value is -4.47. The number of nitrogen functional groups attached to an aromatic ring is 1. The van der Waals surface area contributed by atoms with Gasteiger partial charge in [-0.2, -0.15) is 0 Å². The fourth-order valence-electron chi connectivity index (χ4n) is 4.27. The van der Waals surface area contributed by atoms with Crippen molar-refractivity contribution in [2.75, 3.05) is 17.2 Å². The number of nitrogens with two attached hydrogens (primary N) is 1. The number of aromatic nitrogens is 2. The highest BCUT2D eigenvalue weighted by atomic mass is 16.2. The van der Waals surface area contributed by atoms with Crippen LogP contribution in [-0.4, -0.2) is 38.7 Å². The summed E-state index contributed by atoms with van der Waals surface area (Å²) in [6.07, 6.45) is 1.47. The Morgan fingerprint density at radius 1 is 0.972 bits per heavy atom. The number of hydrogen-bond acceptors (Lipinski definition) is 6. The number of amides is 3. The minimum atomic E-state index is -0.776. The molecule has 4 rings (SSSR count). The summed E-state index contributed by atoms with van der Waals surface area (Å²) in [5.41, 5.74) is 5.88. The van der Waals surface area contributed by atoms with Gasteiger partial charge in [-0.05, 0) is 37.1 Å². The van der Waals surface area contributed by atoms with Gasteiger partial charge in [0, 0.05) is 18.7 Å². The molecule has 2 aromatic carbocycles. The van der Waals surface area contributed by atoms with Gasteiger partial charge in [0.1, 0.15) is 5.82 Å². The highest BCUT2D eigenvalue weighted by molar-refractivity contribution is 6.22. The molecule has 0 radical (unpaired) electrons. The van der Waals surface area contributed by atoms with Crippen molar-refractivity contribution in [3.05, 3.63) is 91.6 Å². The summed E-state index contributed by atoms with van der Waals surface area (Å²) in [7, 11) is 0. The summed E-state index contributed by atoms with van der Waals surface area (Å²) < 4.78 is 1.24. The van der Waals surface area contributed by atoms with Crippen molar-refractivity contribution in [2.45, 2.75) is 39.8 Å². The number of nitrogens with one attached hydrogen (secondary N) is 1. The molecule has 1 aliphatic rings. The predicted octanol–water partition coefficient (Wildman–Crippen LogP) is 2.38. The highest BCUT2D eigenvalue weighted by Gasteiger charge is 2.36. The number of aromatic amines is 1. The van der Waals surface area contributed by atoms with E-state index in [4.69, 9.17) is 5.73 Å². The van der Waals surface area contributed by atoms with Gasteiger partial charge in [-0.25, -0.2) is 4.79 Å². The van der Waals surface area contributed by atoms with Crippen LogP contribution in [0.5, 0.6) is 0 Å². The van der Waals surface area contributed by atoms with E-state index in [1.807, 2.05) is 37.3 Å². The second-order valence-electron chi connectivity index (χ2n) is 8.49. The SMILES string of the molecule is CCCCn1c(N)c(N(CC)C(=O)c2ccc3c(c2)C(=O)N(Cc2ccccc2)C3=O)c(=O)[nH]c1=O. The molecule has 3 amide bonds. The maximum atomic E-state index is 13.5. The fraction of sp³-hybridized carbons (Fsp3) is 0.269. The molecule has 0 fully saturated rings. The lowest BCUT2D eigenvalue weighted by Gasteiger charge is -2.23. The van der Waals surface area contributed by atoms with E-state index in [2.05, 4.69) is 4.98 Å². The number of rotatable bonds is 8. The molecule has 10 nitrogen and oxygen atoms in total. The number of hydrogen-bond donors (Lipinski definition) is 2. The topological polar surface area (TPSA) is 139 Å². The molecule has 36 heavy (non-hydrogen) atoms. The summed E-state index contributed by atoms with van der Waals surface area (Å²) >= 11 is 0. The van der Waals surface area contributed by atoms with E-state index in [0.29, 0.717) is 13.0 Å². The van der Waals surface area contributed by atoms with E-state index in [9.17, 15) is 24.0 Å². The molecule has 1 aliphatic heterocycles. The molecular weight excluding hydrogens is 462 g/mol. The van der Waals surface area contributed by atoms with Gasteiger partial charge in [0.2, 0.25) is 0 Å². The Kier molecular flexibility index (Phi) is 6.86. The lowest BCUT2D eigenvalue weighted by atomic mass is 10.0. The normalized spacial score (nSPS) is 12.7. The van der Waals surface area contributed by atoms with E-state index < -0.39 is 29.0 Å². The van der Waals surface area contributed by atoms with E-state index in [-0.39, 0.29) is 41.3 Å². The van der Waals surface area contributed by atoms with E-state index in [1.165, 1.54) is 27.7 Å². The van der Waals surface area contributed by atoms with Crippen LogP contribution in [-0.2, 0) is 13.1 Å². The van der Waals surface area contributed by atoms with Gasteiger partial charge < -0.3 is 10.6 Å². The van der Waals surface area contributed by atoms with Gasteiger partial charge in [0.25, 0.3) is 23.3 Å². The van der Waals surface area contributed by atoms with Crippen LogP contribution in [0, 0.1) is 0 Å². The zero-order valence-corrected chi connectivity index (χ0v) is 20.1. The number of imide groups is 1. The van der Waals surface area contributed by atoms with Crippen LogP contribution in [0.15, 0.2) is 58.1 Å². The molecule has 0 saturated carbocycles. The van der Waals surface area contributed by atoms with Gasteiger partial charge in [0.05, 0.1) is 17.7 Å². The number of carbonyl (C=O) groups excluding carboxylic acids is 3. The summed E-state index contributed by atoms with van der Waals surface area (Å²) in [5.74, 6) is -1.62. The van der Waals surface area contributed by atoms with Crippen molar-refractivity contribution in [3.63, 3.8) is 0 Å². The average molecular weight is 490 g/mol. The maximum absolute atomic E-state index is 13.5. The van der Waals surface area contributed by atoms with Gasteiger partial charge in [-0.1, -0.05) is 43.7 Å². The molecule has 0 atom stereocenters. The number of anilines is 2. The first kappa shape index (κ1) is 24.6. The second kappa shape index (κ2) is 10.0. The van der Waals surface area contributed by atoms with Crippen LogP contribution in [0.2, 0.25) is 0 Å². The van der Waals surface area contributed by atoms with Crippen LogP contribution in [0.25, 0.3) is 0 Å². The molecular formula is C26H27N5O5. The summed E-state index contributed by atoms with van der Waals surface area (Å²) in [6, 6.07) is 13.4. The van der Waals surface area contributed by atoms with Crippen molar-refractivity contribution < 1.29 is 14.4 Å². The first-order valence-corrected chi connectivity index (χ1v) is 11.8. The minimum absolute atomic E-state index is 0.0855. The van der Waals surface area contributed by atoms with Gasteiger partial charge in [0.15, 0.2) is 5.69 Å². The molecule has 186 valence electrons. The molecule has 2 heterocycles. The molecule has 1 aromatic heterocycles. The zero-order valence-electron chi connectivity index (χ0n) is 20.1. The first-order chi connectivity index (χ1) is 17.3. The largest absolute Gasteiger partial charge is 0.383 e. The van der Waals surface area contributed by atoms with Crippen LogP contribution in [0.1, 0.15) is 63.3 Å². The summed E-state index contributed by atoms with van der Waals surface area (Å²) in [4.78, 5) is 68.9. The van der Waals surface area contributed by atoms with Crippen LogP contribution < -0.4 is 21.9 Å². The third kappa shape index (κ3) is 4.33. The third-order valence-corrected chi connectivity index (χ3v) is 6.18. The predicted molar refractivity (Wildman–Crippen MR) is 135 cm³/mol. The molecule has 0 saturated heterocycles. The Morgan fingerprint density at radius 2 is 1.67 bits per heavy atom. The average Bonchev–Trinajstić information content (AvgIpc) is 3.10. The third-order valence-electron chi connectivity index (χ3n) is 6.18. The summed E-state index contributed by atoms with van der Waals surface area (Å²) in [6.45, 7) is 4.12. The number of H-pyrrole nitrogens is 1. The standard InChI is InChI=1S/C26H27N5O5/c1-3-5-13-30-21(27)20(22(32)28-26(30)36)29(4-2)23(33)17-11-12-18-19(14-17)25(35)31(24(18)34)15-16-9-7-6-8-10-16/h6-12,14H,3-5,13,15,27H2,1-2H3,(H,28,32,36). The van der Waals surface area contributed by atoms with E-state index in [0.717, 1.165) is 16.9 Å². The first-order valence-electron chi connectivity index (χ1n) is 11.8. The smallest absolute Gasteiger partial charge is 0.330 e. The highest BCUT2D eigenvalue weighted by Crippen LogP contribution is 2.27. The van der Waals surface area contributed by atoms with Crippen molar-refractivity contribution in [1.29, 1.82) is 0 Å². The lowest BCUT2D eigenvalue weighted by molar-refractivity contribution is 0.0642. The van der Waals surface area contributed by atoms with Crippen molar-refractivity contribution >= 4 is 29.2 Å². The maximum Gasteiger partial charge on any atom is 0.330 e. The molecule has 0 bridgehead atoms. The Morgan fingerprint density at radius 3 is 2.33 bits per heavy atom. The Labute approximate surface area is 207 Å². The quantitative estimate of drug-likeness (QED) is 0.466. The van der Waals surface area contributed by atoms with Crippen LogP contribution >= 0.6 is 0 Å². The number of unbranched alkanes of at least 4 members (excludes halogenated alkanes) is 1. The zero-order chi connectivity index (χ0) is 26.0. The van der Waals surface area contributed by atoms with Crippen molar-refractivity contribution in [2.24, 2.45) is 0 Å². The number of benzene rings is 2. The Balaban J connectivity index is 1.68. The van der Waals surface area contributed by atoms with Crippen molar-refractivity contribution in [1.82, 2.24) is 14.5 Å². The molecule has 0 aliphatic carbocycles.